The van der Waals surface area contributed by atoms with Crippen LogP contribution in [0.4, 0.5) is 13.2 Å². The second kappa shape index (κ2) is 4.14. The number of rotatable bonds is 1. The number of halogens is 5. The number of hydrogen-bond acceptors (Lipinski definition) is 1. The van der Waals surface area contributed by atoms with E-state index in [1.165, 1.54) is 0 Å². The van der Waals surface area contributed by atoms with Crippen LogP contribution in [0.2, 0.25) is 0 Å². The Morgan fingerprint density at radius 3 is 1.93 bits per heavy atom. The van der Waals surface area contributed by atoms with Crippen LogP contribution in [0, 0.1) is 0 Å². The Morgan fingerprint density at radius 1 is 1.14 bits per heavy atom. The van der Waals surface area contributed by atoms with Crippen molar-refractivity contribution in [3.8, 4) is 0 Å². The zero-order chi connectivity index (χ0) is 11.0. The zero-order valence-corrected chi connectivity index (χ0v) is 10.3. The average molecular weight is 338 g/mol. The molecule has 1 rings (SSSR count). The third kappa shape index (κ3) is 2.52. The molecule has 0 spiro atoms. The van der Waals surface area contributed by atoms with Crippen molar-refractivity contribution in [3.05, 3.63) is 8.96 Å². The molecule has 0 atom stereocenters. The van der Waals surface area contributed by atoms with Crippen molar-refractivity contribution in [1.82, 2.24) is 0 Å². The van der Waals surface area contributed by atoms with Crippen molar-refractivity contribution < 1.29 is 18.3 Å². The molecule has 0 amide bonds. The fraction of sp³-hybridized carbons (Fsp3) is 0.750. The Morgan fingerprint density at radius 2 is 1.57 bits per heavy atom. The van der Waals surface area contributed by atoms with Gasteiger partial charge in [-0.05, 0) is 28.8 Å². The molecular formula is C8H9Br2F3O. The van der Waals surface area contributed by atoms with Crippen molar-refractivity contribution in [2.45, 2.75) is 37.5 Å². The van der Waals surface area contributed by atoms with Crippen LogP contribution < -0.4 is 0 Å². The molecule has 0 bridgehead atoms. The van der Waals surface area contributed by atoms with Gasteiger partial charge in [-0.3, -0.25) is 0 Å². The molecule has 1 fully saturated rings. The van der Waals surface area contributed by atoms with Crippen LogP contribution in [0.25, 0.3) is 0 Å². The van der Waals surface area contributed by atoms with E-state index in [0.29, 0.717) is 12.8 Å². The lowest BCUT2D eigenvalue weighted by atomic mass is 10.0. The van der Waals surface area contributed by atoms with Gasteiger partial charge in [0.05, 0.1) is 5.60 Å². The molecule has 1 N–H and O–H groups in total. The first-order chi connectivity index (χ1) is 6.27. The molecule has 0 unspecified atom stereocenters. The fourth-order valence-corrected chi connectivity index (χ4v) is 2.50. The van der Waals surface area contributed by atoms with Crippen LogP contribution >= 0.6 is 31.9 Å². The van der Waals surface area contributed by atoms with E-state index in [-0.39, 0.29) is 4.48 Å². The minimum Gasteiger partial charge on any atom is -0.385 e. The van der Waals surface area contributed by atoms with Gasteiger partial charge in [-0.15, -0.1) is 0 Å². The molecule has 0 heterocycles. The first kappa shape index (κ1) is 12.5. The van der Waals surface area contributed by atoms with E-state index in [9.17, 15) is 18.3 Å². The summed E-state index contributed by atoms with van der Waals surface area (Å²) in [7, 11) is 0. The highest BCUT2D eigenvalue weighted by atomic mass is 79.9. The maximum atomic E-state index is 12.3. The molecule has 0 aliphatic heterocycles. The predicted molar refractivity (Wildman–Crippen MR) is 54.4 cm³/mol. The highest BCUT2D eigenvalue weighted by molar-refractivity contribution is 9.14. The van der Waals surface area contributed by atoms with Gasteiger partial charge >= 0.3 is 6.18 Å². The van der Waals surface area contributed by atoms with E-state index in [0.717, 1.165) is 12.8 Å². The molecule has 0 aromatic rings. The molecule has 1 aliphatic carbocycles. The van der Waals surface area contributed by atoms with Crippen molar-refractivity contribution >= 4 is 31.9 Å². The topological polar surface area (TPSA) is 20.2 Å². The summed E-state index contributed by atoms with van der Waals surface area (Å²) >= 11 is 5.28. The van der Waals surface area contributed by atoms with Gasteiger partial charge in [0.1, 0.15) is 4.48 Å². The largest absolute Gasteiger partial charge is 0.423 e. The summed E-state index contributed by atoms with van der Waals surface area (Å²) in [5, 5.41) is 9.86. The summed E-state index contributed by atoms with van der Waals surface area (Å²) in [6, 6.07) is 0. The third-order valence-corrected chi connectivity index (χ3v) is 4.79. The number of alkyl halides is 3. The van der Waals surface area contributed by atoms with Crippen molar-refractivity contribution in [1.29, 1.82) is 0 Å². The Kier molecular flexibility index (Phi) is 3.70. The Hall–Kier alpha value is 0.450. The van der Waals surface area contributed by atoms with E-state index < -0.39 is 16.3 Å². The SMILES string of the molecule is OC1(C(Br)=C(Br)C(F)(F)F)CCCC1. The van der Waals surface area contributed by atoms with Gasteiger partial charge in [0.25, 0.3) is 0 Å². The maximum Gasteiger partial charge on any atom is 0.423 e. The van der Waals surface area contributed by atoms with Gasteiger partial charge in [-0.25, -0.2) is 0 Å². The molecule has 82 valence electrons. The number of allylic oxidation sites excluding steroid dienone is 1. The Balaban J connectivity index is 2.97. The zero-order valence-electron chi connectivity index (χ0n) is 7.17. The summed E-state index contributed by atoms with van der Waals surface area (Å²) in [6.45, 7) is 0. The summed E-state index contributed by atoms with van der Waals surface area (Å²) in [5.74, 6) is 0. The quantitative estimate of drug-likeness (QED) is 0.770. The van der Waals surface area contributed by atoms with Crippen LogP contribution in [0.1, 0.15) is 25.7 Å². The minimum atomic E-state index is -4.45. The van der Waals surface area contributed by atoms with Crippen LogP contribution in [-0.2, 0) is 0 Å². The van der Waals surface area contributed by atoms with E-state index in [2.05, 4.69) is 31.9 Å². The smallest absolute Gasteiger partial charge is 0.385 e. The number of aliphatic hydroxyl groups is 1. The average Bonchev–Trinajstić information content (AvgIpc) is 2.49. The maximum absolute atomic E-state index is 12.3. The molecule has 0 aromatic carbocycles. The molecule has 0 saturated heterocycles. The van der Waals surface area contributed by atoms with E-state index in [1.54, 1.807) is 0 Å². The first-order valence-corrected chi connectivity index (χ1v) is 5.71. The lowest BCUT2D eigenvalue weighted by Crippen LogP contribution is -2.27. The molecule has 14 heavy (non-hydrogen) atoms. The van der Waals surface area contributed by atoms with E-state index in [4.69, 9.17) is 0 Å². The molecule has 1 nitrogen and oxygen atoms in total. The standard InChI is InChI=1S/C8H9Br2F3O/c9-5(6(10)8(11,12)13)7(14)3-1-2-4-7/h14H,1-4H2. The molecule has 0 aromatic heterocycles. The molecular weight excluding hydrogens is 329 g/mol. The Bertz CT molecular complexity index is 254. The minimum absolute atomic E-state index is 0.185. The van der Waals surface area contributed by atoms with Gasteiger partial charge in [-0.1, -0.05) is 28.8 Å². The monoisotopic (exact) mass is 336 g/mol. The van der Waals surface area contributed by atoms with Crippen LogP contribution in [-0.4, -0.2) is 16.9 Å². The second-order valence-corrected chi connectivity index (χ2v) is 4.95. The van der Waals surface area contributed by atoms with Gasteiger partial charge in [-0.2, -0.15) is 13.2 Å². The van der Waals surface area contributed by atoms with Crippen molar-refractivity contribution in [3.63, 3.8) is 0 Å². The predicted octanol–water partition coefficient (Wildman–Crippen LogP) is 3.86. The van der Waals surface area contributed by atoms with E-state index in [1.807, 2.05) is 0 Å². The lowest BCUT2D eigenvalue weighted by Gasteiger charge is -2.23. The highest BCUT2D eigenvalue weighted by Gasteiger charge is 2.42. The highest BCUT2D eigenvalue weighted by Crippen LogP contribution is 2.45. The second-order valence-electron chi connectivity index (χ2n) is 3.36. The van der Waals surface area contributed by atoms with Gasteiger partial charge in [0, 0.05) is 4.48 Å². The van der Waals surface area contributed by atoms with Crippen LogP contribution in [0.5, 0.6) is 0 Å². The van der Waals surface area contributed by atoms with Crippen LogP contribution in [0.3, 0.4) is 0 Å². The molecule has 1 aliphatic rings. The van der Waals surface area contributed by atoms with Crippen molar-refractivity contribution in [2.24, 2.45) is 0 Å². The fourth-order valence-electron chi connectivity index (χ4n) is 1.51. The summed E-state index contributed by atoms with van der Waals surface area (Å²) in [5.41, 5.74) is -1.34. The van der Waals surface area contributed by atoms with Gasteiger partial charge in [0.2, 0.25) is 0 Å². The van der Waals surface area contributed by atoms with Crippen molar-refractivity contribution in [2.75, 3.05) is 0 Å². The summed E-state index contributed by atoms with van der Waals surface area (Å²) < 4.78 is 35.7. The summed E-state index contributed by atoms with van der Waals surface area (Å²) in [4.78, 5) is 0. The lowest BCUT2D eigenvalue weighted by molar-refractivity contribution is -0.0848. The normalized spacial score (nSPS) is 23.6. The Labute approximate surface area is 96.6 Å². The molecule has 0 radical (unpaired) electrons. The number of hydrogen-bond donors (Lipinski definition) is 1. The van der Waals surface area contributed by atoms with Gasteiger partial charge < -0.3 is 5.11 Å². The summed E-state index contributed by atoms with van der Waals surface area (Å²) in [6.07, 6.45) is -2.19. The van der Waals surface area contributed by atoms with E-state index >= 15 is 0 Å². The molecule has 6 heteroatoms. The van der Waals surface area contributed by atoms with Gasteiger partial charge in [0.15, 0.2) is 0 Å². The first-order valence-electron chi connectivity index (χ1n) is 4.13. The van der Waals surface area contributed by atoms with Crippen LogP contribution in [0.15, 0.2) is 8.96 Å². The molecule has 1 saturated carbocycles. The third-order valence-electron chi connectivity index (χ3n) is 2.28.